The topological polar surface area (TPSA) is 74.4 Å². The molecule has 0 unspecified atom stereocenters. The first-order valence-corrected chi connectivity index (χ1v) is 15.8. The summed E-state index contributed by atoms with van der Waals surface area (Å²) in [6.45, 7) is 6.78. The number of carbonyl (C=O) groups is 1. The Kier molecular flexibility index (Phi) is 7.77. The van der Waals surface area contributed by atoms with Crippen LogP contribution in [0.5, 0.6) is 5.75 Å². The van der Waals surface area contributed by atoms with E-state index in [-0.39, 0.29) is 17.9 Å². The second kappa shape index (κ2) is 11.0. The Balaban J connectivity index is 1.42. The van der Waals surface area contributed by atoms with E-state index in [0.717, 1.165) is 35.4 Å². The van der Waals surface area contributed by atoms with Gasteiger partial charge in [0.2, 0.25) is 0 Å². The smallest absolute Gasteiger partial charge is 0.410 e. The summed E-state index contributed by atoms with van der Waals surface area (Å²) in [7, 11) is 2.77. The SMILES string of the molecule is COc1c(F)cc(F)cc1-c1cn(SI)c2ncc(-c3cnn(C4CCN(C(=O)OC(C)(C)C)CC4)c3)cc12. The molecule has 39 heavy (non-hydrogen) atoms. The number of pyridine rings is 1. The van der Waals surface area contributed by atoms with Gasteiger partial charge in [-0.25, -0.2) is 18.6 Å². The minimum atomic E-state index is -0.765. The Labute approximate surface area is 241 Å². The average Bonchev–Trinajstić information content (AvgIpc) is 3.52. The number of fused-ring (bicyclic) bond motifs is 1. The first kappa shape index (κ1) is 27.7. The molecule has 206 valence electrons. The number of likely N-dealkylation sites (tertiary alicyclic amines) is 1. The fourth-order valence-corrected chi connectivity index (χ4v) is 6.06. The van der Waals surface area contributed by atoms with E-state index in [1.54, 1.807) is 23.5 Å². The summed E-state index contributed by atoms with van der Waals surface area (Å²) in [5, 5.41) is 5.34. The Morgan fingerprint density at radius 3 is 2.49 bits per heavy atom. The highest BCUT2D eigenvalue weighted by Crippen LogP contribution is 2.41. The summed E-state index contributed by atoms with van der Waals surface area (Å²) in [4.78, 5) is 18.8. The average molecular weight is 668 g/mol. The van der Waals surface area contributed by atoms with Gasteiger partial charge in [-0.15, -0.1) is 0 Å². The predicted octanol–water partition coefficient (Wildman–Crippen LogP) is 7.27. The van der Waals surface area contributed by atoms with Gasteiger partial charge in [-0.1, -0.05) is 0 Å². The molecule has 1 aromatic carbocycles. The number of aromatic nitrogens is 4. The maximum Gasteiger partial charge on any atom is 0.410 e. The number of carbonyl (C=O) groups excluding carboxylic acids is 1. The lowest BCUT2D eigenvalue weighted by atomic mass is 10.0. The van der Waals surface area contributed by atoms with Crippen LogP contribution >= 0.6 is 30.3 Å². The number of rotatable bonds is 5. The molecule has 0 bridgehead atoms. The number of halogens is 3. The largest absolute Gasteiger partial charge is 0.493 e. The Morgan fingerprint density at radius 2 is 1.82 bits per heavy atom. The number of ether oxygens (including phenoxy) is 2. The lowest BCUT2D eigenvalue weighted by molar-refractivity contribution is 0.0185. The first-order chi connectivity index (χ1) is 18.6. The van der Waals surface area contributed by atoms with Crippen LogP contribution in [0.2, 0.25) is 0 Å². The highest BCUT2D eigenvalue weighted by Gasteiger charge is 2.28. The number of hydrogen-bond donors (Lipinski definition) is 0. The van der Waals surface area contributed by atoms with Crippen LogP contribution in [-0.4, -0.2) is 55.5 Å². The van der Waals surface area contributed by atoms with Crippen molar-refractivity contribution in [2.45, 2.75) is 45.3 Å². The van der Waals surface area contributed by atoms with Gasteiger partial charge in [0.15, 0.2) is 17.2 Å². The molecule has 1 amide bonds. The van der Waals surface area contributed by atoms with E-state index in [2.05, 4.69) is 31.3 Å². The minimum absolute atomic E-state index is 0.0233. The molecular weight excluding hydrogens is 639 g/mol. The van der Waals surface area contributed by atoms with Crippen molar-refractivity contribution in [2.24, 2.45) is 0 Å². The number of hydrogen-bond acceptors (Lipinski definition) is 6. The maximum absolute atomic E-state index is 14.5. The van der Waals surface area contributed by atoms with E-state index >= 15 is 0 Å². The van der Waals surface area contributed by atoms with Gasteiger partial charge in [0.05, 0.1) is 19.3 Å². The van der Waals surface area contributed by atoms with Gasteiger partial charge in [-0.05, 0) is 45.7 Å². The lowest BCUT2D eigenvalue weighted by Gasteiger charge is -2.33. The maximum atomic E-state index is 14.5. The van der Waals surface area contributed by atoms with E-state index < -0.39 is 17.2 Å². The quantitative estimate of drug-likeness (QED) is 0.209. The molecule has 4 aromatic rings. The van der Waals surface area contributed by atoms with Gasteiger partial charge in [0.25, 0.3) is 0 Å². The van der Waals surface area contributed by atoms with Gasteiger partial charge in [-0.3, -0.25) is 8.65 Å². The van der Waals surface area contributed by atoms with Crippen molar-refractivity contribution in [1.82, 2.24) is 23.6 Å². The first-order valence-electron chi connectivity index (χ1n) is 12.4. The van der Waals surface area contributed by atoms with Crippen LogP contribution in [0.4, 0.5) is 13.6 Å². The second-order valence-corrected chi connectivity index (χ2v) is 12.1. The van der Waals surface area contributed by atoms with Crippen molar-refractivity contribution in [3.8, 4) is 28.0 Å². The zero-order valence-electron chi connectivity index (χ0n) is 22.0. The number of piperidine rings is 1. The molecule has 1 aliphatic heterocycles. The molecule has 0 atom stereocenters. The summed E-state index contributed by atoms with van der Waals surface area (Å²) >= 11 is 2.14. The molecule has 4 heterocycles. The molecule has 0 radical (unpaired) electrons. The third kappa shape index (κ3) is 5.72. The number of amides is 1. The van der Waals surface area contributed by atoms with E-state index in [4.69, 9.17) is 9.47 Å². The van der Waals surface area contributed by atoms with Crippen molar-refractivity contribution in [2.75, 3.05) is 20.2 Å². The van der Waals surface area contributed by atoms with Gasteiger partial charge < -0.3 is 14.4 Å². The van der Waals surface area contributed by atoms with Crippen LogP contribution in [0.1, 0.15) is 39.7 Å². The van der Waals surface area contributed by atoms with E-state index in [0.29, 0.717) is 29.9 Å². The fourth-order valence-electron chi connectivity index (χ4n) is 4.80. The summed E-state index contributed by atoms with van der Waals surface area (Å²) in [5.74, 6) is -1.47. The Hall–Kier alpha value is -2.87. The molecule has 0 N–H and O–H groups in total. The molecule has 0 aliphatic carbocycles. The molecule has 1 saturated heterocycles. The van der Waals surface area contributed by atoms with Crippen LogP contribution in [0, 0.1) is 11.6 Å². The van der Waals surface area contributed by atoms with Crippen molar-refractivity contribution in [1.29, 1.82) is 0 Å². The van der Waals surface area contributed by atoms with Crippen LogP contribution in [0.25, 0.3) is 33.3 Å². The van der Waals surface area contributed by atoms with Crippen molar-refractivity contribution < 1.29 is 23.0 Å². The molecule has 0 saturated carbocycles. The Morgan fingerprint density at radius 1 is 1.08 bits per heavy atom. The van der Waals surface area contributed by atoms with Gasteiger partial charge >= 0.3 is 6.09 Å². The van der Waals surface area contributed by atoms with Crippen LogP contribution in [-0.2, 0) is 4.74 Å². The van der Waals surface area contributed by atoms with Crippen molar-refractivity contribution >= 4 is 47.5 Å². The highest BCUT2D eigenvalue weighted by molar-refractivity contribution is 14.2. The number of nitrogens with zero attached hydrogens (tertiary/aromatic N) is 5. The van der Waals surface area contributed by atoms with E-state index in [1.807, 2.05) is 41.7 Å². The van der Waals surface area contributed by atoms with Crippen LogP contribution in [0.3, 0.4) is 0 Å². The summed E-state index contributed by atoms with van der Waals surface area (Å²) in [5.41, 5.74) is 2.77. The van der Waals surface area contributed by atoms with Gasteiger partial charge in [0.1, 0.15) is 11.4 Å². The summed E-state index contributed by atoms with van der Waals surface area (Å²) in [6, 6.07) is 4.19. The normalized spacial score (nSPS) is 14.7. The molecule has 12 heteroatoms. The van der Waals surface area contributed by atoms with Gasteiger partial charge in [-0.2, -0.15) is 5.10 Å². The standard InChI is InChI=1S/C27H28F2IN5O3S/c1-27(2,3)38-26(36)33-7-5-19(6-8-33)34-14-17(13-32-34)16-9-21-22(15-35(39-30)25(21)31-12-16)20-10-18(28)11-23(29)24(20)37-4/h9-15,19H,5-8H2,1-4H3. The monoisotopic (exact) mass is 667 g/mol. The van der Waals surface area contributed by atoms with E-state index in [1.165, 1.54) is 22.3 Å². The molecule has 3 aromatic heterocycles. The summed E-state index contributed by atoms with van der Waals surface area (Å²) < 4.78 is 43.3. The third-order valence-corrected chi connectivity index (χ3v) is 8.31. The molecule has 1 fully saturated rings. The summed E-state index contributed by atoms with van der Waals surface area (Å²) in [6.07, 6.45) is 8.58. The van der Waals surface area contributed by atoms with Crippen LogP contribution < -0.4 is 4.74 Å². The highest BCUT2D eigenvalue weighted by atomic mass is 127. The van der Waals surface area contributed by atoms with Crippen LogP contribution in [0.15, 0.2) is 43.0 Å². The minimum Gasteiger partial charge on any atom is -0.493 e. The number of benzene rings is 1. The van der Waals surface area contributed by atoms with Crippen molar-refractivity contribution in [3.05, 3.63) is 54.6 Å². The molecule has 1 aliphatic rings. The zero-order valence-corrected chi connectivity index (χ0v) is 24.9. The van der Waals surface area contributed by atoms with Crippen molar-refractivity contribution in [3.63, 3.8) is 0 Å². The second-order valence-electron chi connectivity index (χ2n) is 10.4. The third-order valence-electron chi connectivity index (χ3n) is 6.61. The Bertz CT molecular complexity index is 1530. The molecule has 8 nitrogen and oxygen atoms in total. The fraction of sp³-hybridized carbons (Fsp3) is 0.370. The van der Waals surface area contributed by atoms with E-state index in [9.17, 15) is 13.6 Å². The zero-order chi connectivity index (χ0) is 27.9. The number of methoxy groups -OCH3 is 1. The lowest BCUT2D eigenvalue weighted by Crippen LogP contribution is -2.42. The predicted molar refractivity (Wildman–Crippen MR) is 156 cm³/mol. The van der Waals surface area contributed by atoms with Gasteiger partial charge in [0, 0.05) is 95.7 Å². The molecule has 0 spiro atoms. The molecule has 5 rings (SSSR count). The molecular formula is C27H28F2IN5O3S.